The zero-order valence-electron chi connectivity index (χ0n) is 13.2. The van der Waals surface area contributed by atoms with Gasteiger partial charge in [-0.25, -0.2) is 9.97 Å². The van der Waals surface area contributed by atoms with Crippen molar-refractivity contribution in [2.75, 3.05) is 31.1 Å². The summed E-state index contributed by atoms with van der Waals surface area (Å²) < 4.78 is 0. The quantitative estimate of drug-likeness (QED) is 0.867. The Morgan fingerprint density at radius 1 is 0.957 bits per heavy atom. The third-order valence-corrected chi connectivity index (χ3v) is 5.22. The second-order valence-electron chi connectivity index (χ2n) is 6.35. The zero-order valence-corrected chi connectivity index (χ0v) is 14.8. The lowest BCUT2D eigenvalue weighted by Crippen LogP contribution is -2.39. The van der Waals surface area contributed by atoms with E-state index in [1.54, 1.807) is 6.33 Å². The summed E-state index contributed by atoms with van der Waals surface area (Å²) in [6.07, 6.45) is 8.96. The fourth-order valence-electron chi connectivity index (χ4n) is 4.01. The van der Waals surface area contributed by atoms with Gasteiger partial charge in [-0.3, -0.25) is 0 Å². The first-order chi connectivity index (χ1) is 10.4. The number of nitrogens with zero attached hydrogens (tertiary/aromatic N) is 3. The van der Waals surface area contributed by atoms with Crippen LogP contribution in [-0.4, -0.2) is 41.1 Å². The van der Waals surface area contributed by atoms with Gasteiger partial charge in [0.25, 0.3) is 0 Å². The second-order valence-corrected chi connectivity index (χ2v) is 6.35. The van der Waals surface area contributed by atoms with Crippen molar-refractivity contribution < 1.29 is 0 Å². The smallest absolute Gasteiger partial charge is 0.142 e. The summed E-state index contributed by atoms with van der Waals surface area (Å²) in [7, 11) is 0. The van der Waals surface area contributed by atoms with Gasteiger partial charge in [0.05, 0.1) is 5.39 Å². The van der Waals surface area contributed by atoms with Crippen molar-refractivity contribution in [1.82, 2.24) is 20.3 Å². The summed E-state index contributed by atoms with van der Waals surface area (Å²) in [5.41, 5.74) is 0.945. The number of piperidine rings is 2. The van der Waals surface area contributed by atoms with Crippen molar-refractivity contribution in [3.63, 3.8) is 0 Å². The number of aromatic amines is 1. The Hall–Kier alpha value is -1.04. The molecule has 2 N–H and O–H groups in total. The summed E-state index contributed by atoms with van der Waals surface area (Å²) in [6, 6.07) is 2.09. The number of H-pyrrole nitrogens is 1. The van der Waals surface area contributed by atoms with Crippen LogP contribution in [0.5, 0.6) is 0 Å². The van der Waals surface area contributed by atoms with Crippen molar-refractivity contribution in [3.05, 3.63) is 18.6 Å². The van der Waals surface area contributed by atoms with Gasteiger partial charge in [-0.2, -0.15) is 0 Å². The summed E-state index contributed by atoms with van der Waals surface area (Å²) in [5.74, 6) is 2.95. The van der Waals surface area contributed by atoms with Gasteiger partial charge in [0, 0.05) is 19.3 Å². The van der Waals surface area contributed by atoms with Gasteiger partial charge in [0.1, 0.15) is 17.8 Å². The lowest BCUT2D eigenvalue weighted by molar-refractivity contribution is 0.222. The largest absolute Gasteiger partial charge is 0.356 e. The molecule has 0 aliphatic carbocycles. The minimum atomic E-state index is 0. The van der Waals surface area contributed by atoms with Crippen LogP contribution in [0.3, 0.4) is 0 Å². The molecule has 2 saturated heterocycles. The molecule has 0 spiro atoms. The lowest BCUT2D eigenvalue weighted by Gasteiger charge is -2.38. The minimum absolute atomic E-state index is 0. The molecule has 23 heavy (non-hydrogen) atoms. The van der Waals surface area contributed by atoms with Crippen LogP contribution in [0.15, 0.2) is 18.6 Å². The molecule has 0 unspecified atom stereocenters. The molecule has 4 heterocycles. The lowest BCUT2D eigenvalue weighted by atomic mass is 9.79. The Morgan fingerprint density at radius 2 is 1.65 bits per heavy atom. The first-order valence-electron chi connectivity index (χ1n) is 8.15. The molecule has 0 bridgehead atoms. The van der Waals surface area contributed by atoms with Crippen LogP contribution in [0, 0.1) is 11.8 Å². The van der Waals surface area contributed by atoms with Crippen molar-refractivity contribution in [3.8, 4) is 0 Å². The maximum atomic E-state index is 4.53. The summed E-state index contributed by atoms with van der Waals surface area (Å²) in [4.78, 5) is 14.4. The van der Waals surface area contributed by atoms with Gasteiger partial charge >= 0.3 is 0 Å². The first-order valence-corrected chi connectivity index (χ1v) is 8.15. The van der Waals surface area contributed by atoms with Crippen LogP contribution in [0.25, 0.3) is 11.0 Å². The Morgan fingerprint density at radius 3 is 2.39 bits per heavy atom. The summed E-state index contributed by atoms with van der Waals surface area (Å²) in [6.45, 7) is 4.68. The second kappa shape index (κ2) is 8.18. The molecule has 2 aromatic heterocycles. The van der Waals surface area contributed by atoms with Gasteiger partial charge in [-0.15, -0.1) is 24.8 Å². The van der Waals surface area contributed by atoms with E-state index in [1.165, 1.54) is 38.8 Å². The molecular formula is C16H25Cl2N5. The maximum Gasteiger partial charge on any atom is 0.142 e. The summed E-state index contributed by atoms with van der Waals surface area (Å²) in [5, 5.41) is 4.63. The Labute approximate surface area is 149 Å². The van der Waals surface area contributed by atoms with E-state index in [4.69, 9.17) is 0 Å². The third kappa shape index (κ3) is 3.73. The molecule has 5 nitrogen and oxygen atoms in total. The van der Waals surface area contributed by atoms with Crippen LogP contribution >= 0.6 is 24.8 Å². The molecule has 0 atom stereocenters. The predicted octanol–water partition coefficient (Wildman–Crippen LogP) is 3.02. The van der Waals surface area contributed by atoms with E-state index in [2.05, 4.69) is 31.2 Å². The maximum absolute atomic E-state index is 4.53. The highest BCUT2D eigenvalue weighted by atomic mass is 35.5. The molecule has 0 radical (unpaired) electrons. The van der Waals surface area contributed by atoms with Crippen molar-refractivity contribution >= 4 is 41.7 Å². The number of halogens is 2. The van der Waals surface area contributed by atoms with Gasteiger partial charge < -0.3 is 15.2 Å². The Balaban J connectivity index is 0.000000960. The van der Waals surface area contributed by atoms with E-state index in [0.717, 1.165) is 41.8 Å². The van der Waals surface area contributed by atoms with Crippen LogP contribution in [0.1, 0.15) is 25.7 Å². The summed E-state index contributed by atoms with van der Waals surface area (Å²) >= 11 is 0. The van der Waals surface area contributed by atoms with Gasteiger partial charge in [0.15, 0.2) is 0 Å². The highest BCUT2D eigenvalue weighted by Gasteiger charge is 2.28. The molecule has 2 aromatic rings. The molecule has 2 aliphatic heterocycles. The van der Waals surface area contributed by atoms with E-state index in [0.29, 0.717) is 0 Å². The van der Waals surface area contributed by atoms with E-state index in [9.17, 15) is 0 Å². The average Bonchev–Trinajstić information content (AvgIpc) is 3.04. The minimum Gasteiger partial charge on any atom is -0.356 e. The molecule has 7 heteroatoms. The third-order valence-electron chi connectivity index (χ3n) is 5.22. The number of fused-ring (bicyclic) bond motifs is 1. The Kier molecular flexibility index (Phi) is 6.50. The SMILES string of the molecule is Cl.Cl.c1nc(N2CCC(C3CCNCC3)CC2)c2cc[nH]c2n1. The van der Waals surface area contributed by atoms with Crippen LogP contribution in [0.4, 0.5) is 5.82 Å². The molecule has 2 aliphatic rings. The molecule has 128 valence electrons. The predicted molar refractivity (Wildman–Crippen MR) is 98.9 cm³/mol. The monoisotopic (exact) mass is 357 g/mol. The highest BCUT2D eigenvalue weighted by Crippen LogP contribution is 2.33. The standard InChI is InChI=1S/C16H23N5.2ClH/c1-6-17-7-2-12(1)13-4-9-21(10-5-13)16-14-3-8-18-15(14)19-11-20-16;;/h3,8,11-13,17H,1-2,4-7,9-10H2,(H,18,19,20);2*1H. The molecule has 0 aromatic carbocycles. The number of aromatic nitrogens is 3. The number of hydrogen-bond acceptors (Lipinski definition) is 4. The number of anilines is 1. The first kappa shape index (κ1) is 18.3. The fraction of sp³-hybridized carbons (Fsp3) is 0.625. The average molecular weight is 358 g/mol. The molecule has 2 fully saturated rings. The van der Waals surface area contributed by atoms with E-state index < -0.39 is 0 Å². The number of rotatable bonds is 2. The Bertz CT molecular complexity index is 603. The van der Waals surface area contributed by atoms with E-state index in [-0.39, 0.29) is 24.8 Å². The van der Waals surface area contributed by atoms with Gasteiger partial charge in [-0.05, 0) is 56.7 Å². The topological polar surface area (TPSA) is 56.8 Å². The zero-order chi connectivity index (χ0) is 14.1. The normalized spacial score (nSPS) is 20.1. The van der Waals surface area contributed by atoms with E-state index >= 15 is 0 Å². The molecule has 4 rings (SSSR count). The van der Waals surface area contributed by atoms with Gasteiger partial charge in [0.2, 0.25) is 0 Å². The van der Waals surface area contributed by atoms with Crippen molar-refractivity contribution in [2.24, 2.45) is 11.8 Å². The van der Waals surface area contributed by atoms with Crippen LogP contribution < -0.4 is 10.2 Å². The fourth-order valence-corrected chi connectivity index (χ4v) is 4.01. The highest BCUT2D eigenvalue weighted by molar-refractivity contribution is 5.87. The molecule has 0 saturated carbocycles. The number of hydrogen-bond donors (Lipinski definition) is 2. The van der Waals surface area contributed by atoms with Crippen molar-refractivity contribution in [1.29, 1.82) is 0 Å². The molecule has 0 amide bonds. The number of nitrogens with one attached hydrogen (secondary N) is 2. The van der Waals surface area contributed by atoms with Crippen molar-refractivity contribution in [2.45, 2.75) is 25.7 Å². The van der Waals surface area contributed by atoms with Crippen LogP contribution in [0.2, 0.25) is 0 Å². The van der Waals surface area contributed by atoms with Gasteiger partial charge in [-0.1, -0.05) is 0 Å². The van der Waals surface area contributed by atoms with Crippen LogP contribution in [-0.2, 0) is 0 Å². The van der Waals surface area contributed by atoms with E-state index in [1.807, 2.05) is 6.20 Å². The molecular weight excluding hydrogens is 333 g/mol.